The lowest BCUT2D eigenvalue weighted by Crippen LogP contribution is -2.26. The molecule has 1 aliphatic heterocycles. The average Bonchev–Trinajstić information content (AvgIpc) is 2.59. The van der Waals surface area contributed by atoms with Gasteiger partial charge in [-0.3, -0.25) is 9.59 Å². The second-order valence-electron chi connectivity index (χ2n) is 5.19. The fraction of sp³-hybridized carbons (Fsp3) is 0.235. The Labute approximate surface area is 139 Å². The fourth-order valence-electron chi connectivity index (χ4n) is 2.18. The van der Waals surface area contributed by atoms with Gasteiger partial charge in [-0.1, -0.05) is 18.2 Å². The quantitative estimate of drug-likeness (QED) is 0.794. The summed E-state index contributed by atoms with van der Waals surface area (Å²) in [6.45, 7) is 0.431. The molecule has 1 aromatic carbocycles. The topological polar surface area (TPSA) is 89.5 Å². The summed E-state index contributed by atoms with van der Waals surface area (Å²) in [6.07, 6.45) is 0.903. The first kappa shape index (κ1) is 15.8. The van der Waals surface area contributed by atoms with Gasteiger partial charge in [0.1, 0.15) is 11.6 Å². The van der Waals surface area contributed by atoms with Crippen molar-refractivity contribution in [2.45, 2.75) is 12.8 Å². The van der Waals surface area contributed by atoms with Gasteiger partial charge in [0.25, 0.3) is 5.91 Å². The fourth-order valence-corrected chi connectivity index (χ4v) is 2.18. The largest absolute Gasteiger partial charge is 0.494 e. The van der Waals surface area contributed by atoms with Gasteiger partial charge >= 0.3 is 0 Å². The van der Waals surface area contributed by atoms with E-state index in [2.05, 4.69) is 15.6 Å². The number of aromatic nitrogens is 1. The molecule has 0 radical (unpaired) electrons. The Balaban J connectivity index is 1.45. The van der Waals surface area contributed by atoms with Gasteiger partial charge in [0.15, 0.2) is 18.2 Å². The summed E-state index contributed by atoms with van der Waals surface area (Å²) in [5, 5.41) is 5.29. The molecule has 0 atom stereocenters. The highest BCUT2D eigenvalue weighted by molar-refractivity contribution is 5.95. The van der Waals surface area contributed by atoms with Crippen LogP contribution in [-0.2, 0) is 9.59 Å². The van der Waals surface area contributed by atoms with Gasteiger partial charge in [-0.15, -0.1) is 0 Å². The third-order valence-electron chi connectivity index (χ3n) is 3.30. The monoisotopic (exact) mass is 327 g/mol. The number of carbonyl (C=O) groups excluding carboxylic acids is 2. The second-order valence-corrected chi connectivity index (χ2v) is 5.19. The standard InChI is InChI=1S/C17H17N3O4/c21-15(7-4-10-23-12-5-2-1-3-6-12)18-14-9-8-13-17(19-14)20-16(22)11-24-13/h1-3,5-6,8-9H,4,7,10-11H2,(H2,18,19,20,21,22). The third kappa shape index (κ3) is 4.22. The highest BCUT2D eigenvalue weighted by atomic mass is 16.5. The highest BCUT2D eigenvalue weighted by Crippen LogP contribution is 2.26. The van der Waals surface area contributed by atoms with Crippen LogP contribution in [0.5, 0.6) is 11.5 Å². The van der Waals surface area contributed by atoms with Crippen LogP contribution >= 0.6 is 0 Å². The Bertz CT molecular complexity index is 734. The molecule has 124 valence electrons. The molecule has 0 fully saturated rings. The average molecular weight is 327 g/mol. The number of ether oxygens (including phenoxy) is 2. The summed E-state index contributed by atoms with van der Waals surface area (Å²) in [6, 6.07) is 12.7. The summed E-state index contributed by atoms with van der Waals surface area (Å²) in [5.74, 6) is 1.53. The number of benzene rings is 1. The van der Waals surface area contributed by atoms with E-state index in [1.165, 1.54) is 0 Å². The number of fused-ring (bicyclic) bond motifs is 1. The van der Waals surface area contributed by atoms with Gasteiger partial charge in [-0.25, -0.2) is 4.98 Å². The van der Waals surface area contributed by atoms with E-state index in [0.717, 1.165) is 5.75 Å². The molecule has 0 unspecified atom stereocenters. The molecule has 7 heteroatoms. The number of anilines is 2. The maximum atomic E-state index is 11.9. The van der Waals surface area contributed by atoms with Crippen molar-refractivity contribution in [3.63, 3.8) is 0 Å². The van der Waals surface area contributed by atoms with Gasteiger partial charge in [-0.2, -0.15) is 0 Å². The maximum Gasteiger partial charge on any atom is 0.263 e. The van der Waals surface area contributed by atoms with Crippen molar-refractivity contribution < 1.29 is 19.1 Å². The van der Waals surface area contributed by atoms with Crippen molar-refractivity contribution in [3.05, 3.63) is 42.5 Å². The first-order chi connectivity index (χ1) is 11.7. The van der Waals surface area contributed by atoms with E-state index in [9.17, 15) is 9.59 Å². The van der Waals surface area contributed by atoms with Crippen molar-refractivity contribution in [2.75, 3.05) is 23.8 Å². The molecule has 1 aliphatic rings. The Morgan fingerprint density at radius 2 is 2.08 bits per heavy atom. The summed E-state index contributed by atoms with van der Waals surface area (Å²) in [7, 11) is 0. The summed E-state index contributed by atoms with van der Waals surface area (Å²) in [5.41, 5.74) is 0. The molecule has 7 nitrogen and oxygen atoms in total. The normalized spacial score (nSPS) is 12.6. The van der Waals surface area contributed by atoms with E-state index in [-0.39, 0.29) is 18.4 Å². The van der Waals surface area contributed by atoms with E-state index >= 15 is 0 Å². The van der Waals surface area contributed by atoms with E-state index < -0.39 is 0 Å². The van der Waals surface area contributed by atoms with Crippen LogP contribution in [0.1, 0.15) is 12.8 Å². The predicted octanol–water partition coefficient (Wildman–Crippen LogP) is 2.21. The van der Waals surface area contributed by atoms with Crippen LogP contribution < -0.4 is 20.1 Å². The van der Waals surface area contributed by atoms with Crippen LogP contribution in [0.25, 0.3) is 0 Å². The summed E-state index contributed by atoms with van der Waals surface area (Å²) < 4.78 is 10.7. The molecule has 0 saturated heterocycles. The Morgan fingerprint density at radius 3 is 2.92 bits per heavy atom. The number of hydrogen-bond donors (Lipinski definition) is 2. The second kappa shape index (κ2) is 7.45. The molecule has 2 heterocycles. The number of nitrogens with zero attached hydrogens (tertiary/aromatic N) is 1. The lowest BCUT2D eigenvalue weighted by molar-refractivity contribution is -0.118. The van der Waals surface area contributed by atoms with Crippen LogP contribution in [0.15, 0.2) is 42.5 Å². The maximum absolute atomic E-state index is 11.9. The number of para-hydroxylation sites is 1. The van der Waals surface area contributed by atoms with Crippen LogP contribution in [0.4, 0.5) is 11.6 Å². The van der Waals surface area contributed by atoms with Crippen LogP contribution in [0, 0.1) is 0 Å². The molecule has 1 aromatic heterocycles. The van der Waals surface area contributed by atoms with Crippen LogP contribution in [0.3, 0.4) is 0 Å². The zero-order chi connectivity index (χ0) is 16.8. The minimum atomic E-state index is -0.267. The van der Waals surface area contributed by atoms with E-state index in [0.29, 0.717) is 36.8 Å². The minimum Gasteiger partial charge on any atom is -0.494 e. The Morgan fingerprint density at radius 1 is 1.25 bits per heavy atom. The van der Waals surface area contributed by atoms with Gasteiger partial charge in [0, 0.05) is 6.42 Å². The Kier molecular flexibility index (Phi) is 4.90. The van der Waals surface area contributed by atoms with Crippen molar-refractivity contribution in [1.82, 2.24) is 4.98 Å². The molecule has 24 heavy (non-hydrogen) atoms. The van der Waals surface area contributed by atoms with Crippen molar-refractivity contribution >= 4 is 23.5 Å². The molecule has 0 saturated carbocycles. The van der Waals surface area contributed by atoms with Crippen molar-refractivity contribution in [1.29, 1.82) is 0 Å². The molecular formula is C17H17N3O4. The molecule has 0 aliphatic carbocycles. The molecule has 2 amide bonds. The van der Waals surface area contributed by atoms with Crippen molar-refractivity contribution in [2.24, 2.45) is 0 Å². The number of rotatable bonds is 6. The number of hydrogen-bond acceptors (Lipinski definition) is 5. The van der Waals surface area contributed by atoms with E-state index in [1.54, 1.807) is 12.1 Å². The zero-order valence-electron chi connectivity index (χ0n) is 13.0. The first-order valence-corrected chi connectivity index (χ1v) is 7.62. The van der Waals surface area contributed by atoms with Gasteiger partial charge in [-0.05, 0) is 30.7 Å². The molecule has 0 spiro atoms. The first-order valence-electron chi connectivity index (χ1n) is 7.62. The van der Waals surface area contributed by atoms with Crippen LogP contribution in [-0.4, -0.2) is 30.0 Å². The van der Waals surface area contributed by atoms with Gasteiger partial charge in [0.2, 0.25) is 5.91 Å². The smallest absolute Gasteiger partial charge is 0.263 e. The number of nitrogens with one attached hydrogen (secondary N) is 2. The SMILES string of the molecule is O=C(CCCOc1ccccc1)Nc1ccc2c(n1)NC(=O)CO2. The Hall–Kier alpha value is -3.09. The molecular weight excluding hydrogens is 310 g/mol. The minimum absolute atomic E-state index is 0.0260. The number of amides is 2. The molecule has 0 bridgehead atoms. The third-order valence-corrected chi connectivity index (χ3v) is 3.30. The van der Waals surface area contributed by atoms with Gasteiger partial charge < -0.3 is 20.1 Å². The summed E-state index contributed by atoms with van der Waals surface area (Å²) in [4.78, 5) is 27.4. The number of pyridine rings is 1. The molecule has 2 aromatic rings. The van der Waals surface area contributed by atoms with Gasteiger partial charge in [0.05, 0.1) is 6.61 Å². The molecule has 2 N–H and O–H groups in total. The zero-order valence-corrected chi connectivity index (χ0v) is 13.0. The summed E-state index contributed by atoms with van der Waals surface area (Å²) >= 11 is 0. The van der Waals surface area contributed by atoms with E-state index in [1.807, 2.05) is 30.3 Å². The molecule has 3 rings (SSSR count). The number of carbonyl (C=O) groups is 2. The lowest BCUT2D eigenvalue weighted by Gasteiger charge is -2.17. The van der Waals surface area contributed by atoms with Crippen LogP contribution in [0.2, 0.25) is 0 Å². The van der Waals surface area contributed by atoms with Crippen molar-refractivity contribution in [3.8, 4) is 11.5 Å². The van der Waals surface area contributed by atoms with E-state index in [4.69, 9.17) is 9.47 Å². The lowest BCUT2D eigenvalue weighted by atomic mass is 10.3. The highest BCUT2D eigenvalue weighted by Gasteiger charge is 2.17. The predicted molar refractivity (Wildman–Crippen MR) is 88.2 cm³/mol.